The van der Waals surface area contributed by atoms with Crippen molar-refractivity contribution in [1.82, 2.24) is 20.2 Å². The Morgan fingerprint density at radius 2 is 1.92 bits per heavy atom. The van der Waals surface area contributed by atoms with Gasteiger partial charge in [0.15, 0.2) is 0 Å². The van der Waals surface area contributed by atoms with Gasteiger partial charge in [0, 0.05) is 5.69 Å². The minimum Gasteiger partial charge on any atom is -0.344 e. The predicted octanol–water partition coefficient (Wildman–Crippen LogP) is 2.39. The molecule has 0 radical (unpaired) electrons. The fourth-order valence-electron chi connectivity index (χ4n) is 2.80. The third-order valence-corrected chi connectivity index (χ3v) is 4.03. The summed E-state index contributed by atoms with van der Waals surface area (Å²) in [6.07, 6.45) is 1.46. The zero-order valence-corrected chi connectivity index (χ0v) is 16.0. The lowest BCUT2D eigenvalue weighted by Crippen LogP contribution is -2.33. The summed E-state index contributed by atoms with van der Waals surface area (Å²) in [5.74, 6) is 0.0508. The number of amides is 1. The van der Waals surface area contributed by atoms with Crippen LogP contribution in [-0.4, -0.2) is 41.4 Å². The van der Waals surface area contributed by atoms with Crippen LogP contribution in [0.15, 0.2) is 41.2 Å². The molecular formula is C20H28N4O2. The van der Waals surface area contributed by atoms with Crippen molar-refractivity contribution >= 4 is 5.91 Å². The summed E-state index contributed by atoms with van der Waals surface area (Å²) in [6.45, 7) is 4.96. The van der Waals surface area contributed by atoms with Crippen LogP contribution in [0, 0.1) is 5.92 Å². The van der Waals surface area contributed by atoms with Crippen molar-refractivity contribution in [2.45, 2.75) is 32.7 Å². The molecule has 0 aliphatic rings. The fourth-order valence-corrected chi connectivity index (χ4v) is 2.80. The van der Waals surface area contributed by atoms with Gasteiger partial charge in [-0.1, -0.05) is 44.2 Å². The topological polar surface area (TPSA) is 78.1 Å². The SMILES string of the molecule is CC(C)Cc1cc(C(=O)NC(CCN(C)C)c2ccccc2)nc(=O)[nH]1. The second-order valence-electron chi connectivity index (χ2n) is 7.22. The van der Waals surface area contributed by atoms with Gasteiger partial charge in [-0.2, -0.15) is 4.98 Å². The second-order valence-corrected chi connectivity index (χ2v) is 7.22. The van der Waals surface area contributed by atoms with Crippen LogP contribution < -0.4 is 11.0 Å². The smallest absolute Gasteiger partial charge is 0.344 e. The Hall–Kier alpha value is -2.47. The number of nitrogens with one attached hydrogen (secondary N) is 2. The normalized spacial score (nSPS) is 12.4. The van der Waals surface area contributed by atoms with Crippen LogP contribution in [0.3, 0.4) is 0 Å². The molecule has 2 aromatic rings. The molecular weight excluding hydrogens is 328 g/mol. The lowest BCUT2D eigenvalue weighted by Gasteiger charge is -2.21. The predicted molar refractivity (Wildman–Crippen MR) is 103 cm³/mol. The third-order valence-electron chi connectivity index (χ3n) is 4.03. The van der Waals surface area contributed by atoms with Gasteiger partial charge in [-0.25, -0.2) is 4.79 Å². The van der Waals surface area contributed by atoms with Gasteiger partial charge < -0.3 is 15.2 Å². The van der Waals surface area contributed by atoms with Crippen molar-refractivity contribution in [3.8, 4) is 0 Å². The van der Waals surface area contributed by atoms with E-state index in [0.29, 0.717) is 12.3 Å². The number of rotatable bonds is 8. The summed E-state index contributed by atoms with van der Waals surface area (Å²) in [5, 5.41) is 3.03. The zero-order valence-electron chi connectivity index (χ0n) is 16.0. The number of aromatic amines is 1. The lowest BCUT2D eigenvalue weighted by atomic mass is 10.0. The molecule has 0 aliphatic carbocycles. The van der Waals surface area contributed by atoms with E-state index in [1.807, 2.05) is 44.4 Å². The number of benzene rings is 1. The Balaban J connectivity index is 2.21. The van der Waals surface area contributed by atoms with Gasteiger partial charge in [-0.05, 0) is 51.0 Å². The van der Waals surface area contributed by atoms with Crippen molar-refractivity contribution in [2.75, 3.05) is 20.6 Å². The van der Waals surface area contributed by atoms with Gasteiger partial charge in [-0.3, -0.25) is 4.79 Å². The lowest BCUT2D eigenvalue weighted by molar-refractivity contribution is 0.0927. The first-order chi connectivity index (χ1) is 12.3. The van der Waals surface area contributed by atoms with E-state index in [1.54, 1.807) is 6.07 Å². The number of nitrogens with zero attached hydrogens (tertiary/aromatic N) is 2. The maximum atomic E-state index is 12.7. The molecule has 1 heterocycles. The third kappa shape index (κ3) is 6.11. The van der Waals surface area contributed by atoms with E-state index in [9.17, 15) is 9.59 Å². The molecule has 1 unspecified atom stereocenters. The molecule has 26 heavy (non-hydrogen) atoms. The highest BCUT2D eigenvalue weighted by Crippen LogP contribution is 2.17. The van der Waals surface area contributed by atoms with Crippen LogP contribution in [0.5, 0.6) is 0 Å². The number of aromatic nitrogens is 2. The molecule has 6 heteroatoms. The molecule has 0 bridgehead atoms. The molecule has 0 aliphatic heterocycles. The number of hydrogen-bond donors (Lipinski definition) is 2. The van der Waals surface area contributed by atoms with Crippen molar-refractivity contribution in [2.24, 2.45) is 5.92 Å². The van der Waals surface area contributed by atoms with Gasteiger partial charge in [0.2, 0.25) is 0 Å². The van der Waals surface area contributed by atoms with Gasteiger partial charge in [0.05, 0.1) is 6.04 Å². The molecule has 0 saturated carbocycles. The van der Waals surface area contributed by atoms with Crippen molar-refractivity contribution < 1.29 is 4.79 Å². The first kappa shape index (κ1) is 19.8. The molecule has 1 aromatic heterocycles. The summed E-state index contributed by atoms with van der Waals surface area (Å²) in [5.41, 5.74) is 1.44. The average molecular weight is 356 g/mol. The molecule has 0 spiro atoms. The highest BCUT2D eigenvalue weighted by atomic mass is 16.2. The standard InChI is InChI=1S/C20H28N4O2/c1-14(2)12-16-13-18(23-20(26)21-16)19(25)22-17(10-11-24(3)4)15-8-6-5-7-9-15/h5-9,13-14,17H,10-12H2,1-4H3,(H,22,25)(H,21,23,26). The van der Waals surface area contributed by atoms with E-state index < -0.39 is 5.69 Å². The van der Waals surface area contributed by atoms with Crippen LogP contribution in [0.2, 0.25) is 0 Å². The molecule has 6 nitrogen and oxygen atoms in total. The van der Waals surface area contributed by atoms with E-state index in [4.69, 9.17) is 0 Å². The highest BCUT2D eigenvalue weighted by molar-refractivity contribution is 5.92. The molecule has 1 amide bonds. The van der Waals surface area contributed by atoms with Gasteiger partial charge in [0.25, 0.3) is 5.91 Å². The number of carbonyl (C=O) groups is 1. The van der Waals surface area contributed by atoms with Crippen molar-refractivity contribution in [3.05, 3.63) is 63.8 Å². The second kappa shape index (κ2) is 9.29. The maximum absolute atomic E-state index is 12.7. The number of carbonyl (C=O) groups excluding carboxylic acids is 1. The number of H-pyrrole nitrogens is 1. The van der Waals surface area contributed by atoms with E-state index in [0.717, 1.165) is 24.2 Å². The summed E-state index contributed by atoms with van der Waals surface area (Å²) in [6, 6.07) is 11.4. The summed E-state index contributed by atoms with van der Waals surface area (Å²) in [4.78, 5) is 33.2. The van der Waals surface area contributed by atoms with E-state index in [-0.39, 0.29) is 17.6 Å². The molecule has 0 saturated heterocycles. The minimum absolute atomic E-state index is 0.138. The van der Waals surface area contributed by atoms with Gasteiger partial charge >= 0.3 is 5.69 Å². The summed E-state index contributed by atoms with van der Waals surface area (Å²) >= 11 is 0. The molecule has 1 atom stereocenters. The largest absolute Gasteiger partial charge is 0.345 e. The van der Waals surface area contributed by atoms with Crippen LogP contribution >= 0.6 is 0 Å². The van der Waals surface area contributed by atoms with Crippen molar-refractivity contribution in [3.63, 3.8) is 0 Å². The maximum Gasteiger partial charge on any atom is 0.345 e. The molecule has 2 N–H and O–H groups in total. The molecule has 140 valence electrons. The minimum atomic E-state index is -0.488. The molecule has 0 fully saturated rings. The van der Waals surface area contributed by atoms with Gasteiger partial charge in [0.1, 0.15) is 5.69 Å². The zero-order chi connectivity index (χ0) is 19.1. The Labute approximate surface area is 154 Å². The Bertz CT molecular complexity index is 769. The van der Waals surface area contributed by atoms with E-state index in [2.05, 4.69) is 34.0 Å². The van der Waals surface area contributed by atoms with Gasteiger partial charge in [-0.15, -0.1) is 0 Å². The van der Waals surface area contributed by atoms with Crippen LogP contribution in [0.4, 0.5) is 0 Å². The quantitative estimate of drug-likeness (QED) is 0.761. The Kier molecular flexibility index (Phi) is 7.09. The Morgan fingerprint density at radius 1 is 1.23 bits per heavy atom. The van der Waals surface area contributed by atoms with Crippen molar-refractivity contribution in [1.29, 1.82) is 0 Å². The van der Waals surface area contributed by atoms with Crippen LogP contribution in [0.1, 0.15) is 48.1 Å². The summed E-state index contributed by atoms with van der Waals surface area (Å²) < 4.78 is 0. The first-order valence-electron chi connectivity index (χ1n) is 8.96. The first-order valence-corrected chi connectivity index (χ1v) is 8.96. The van der Waals surface area contributed by atoms with Crippen LogP contribution in [-0.2, 0) is 6.42 Å². The molecule has 2 rings (SSSR count). The highest BCUT2D eigenvalue weighted by Gasteiger charge is 2.18. The molecule has 1 aromatic carbocycles. The Morgan fingerprint density at radius 3 is 2.54 bits per heavy atom. The van der Waals surface area contributed by atoms with Crippen LogP contribution in [0.25, 0.3) is 0 Å². The number of hydrogen-bond acceptors (Lipinski definition) is 4. The van der Waals surface area contributed by atoms with E-state index >= 15 is 0 Å². The summed E-state index contributed by atoms with van der Waals surface area (Å²) in [7, 11) is 4.00. The van der Waals surface area contributed by atoms with E-state index in [1.165, 1.54) is 0 Å². The fraction of sp³-hybridized carbons (Fsp3) is 0.450. The average Bonchev–Trinajstić information content (AvgIpc) is 2.57. The monoisotopic (exact) mass is 356 g/mol.